The highest BCUT2D eigenvalue weighted by molar-refractivity contribution is 7.89. The average Bonchev–Trinajstić information content (AvgIpc) is 2.46. The predicted octanol–water partition coefficient (Wildman–Crippen LogP) is 2.22. The summed E-state index contributed by atoms with van der Waals surface area (Å²) < 4.78 is 27.4. The molecule has 2 N–H and O–H groups in total. The standard InChI is InChI=1S/C14H21N3O4S.ClH/c1-10-6-5-8-13(17(18)19)14(10)22(20,21)16-9-4-3-7-12(16)11(2)15;/h5-6,8,11-12H,3-4,7,9,15H2,1-2H3;1H. The fourth-order valence-corrected chi connectivity index (χ4v) is 5.13. The molecule has 2 rings (SSSR count). The van der Waals surface area contributed by atoms with Crippen LogP contribution in [0.25, 0.3) is 0 Å². The number of nitrogens with zero attached hydrogens (tertiary/aromatic N) is 2. The van der Waals surface area contributed by atoms with Crippen LogP contribution in [0.5, 0.6) is 0 Å². The molecule has 130 valence electrons. The van der Waals surface area contributed by atoms with Crippen LogP contribution in [-0.2, 0) is 10.0 Å². The van der Waals surface area contributed by atoms with Gasteiger partial charge >= 0.3 is 0 Å². The Morgan fingerprint density at radius 2 is 2.04 bits per heavy atom. The molecule has 0 amide bonds. The zero-order valence-electron chi connectivity index (χ0n) is 13.1. The largest absolute Gasteiger partial charge is 0.326 e. The van der Waals surface area contributed by atoms with E-state index < -0.39 is 14.9 Å². The van der Waals surface area contributed by atoms with Crippen molar-refractivity contribution in [2.75, 3.05) is 6.54 Å². The highest BCUT2D eigenvalue weighted by Gasteiger charge is 2.39. The summed E-state index contributed by atoms with van der Waals surface area (Å²) in [7, 11) is -3.95. The number of nitro groups is 1. The predicted molar refractivity (Wildman–Crippen MR) is 90.3 cm³/mol. The first-order valence-electron chi connectivity index (χ1n) is 7.28. The lowest BCUT2D eigenvalue weighted by Gasteiger charge is -2.37. The number of halogens is 1. The Bertz CT molecular complexity index is 679. The number of hydrogen-bond acceptors (Lipinski definition) is 5. The van der Waals surface area contributed by atoms with Gasteiger partial charge in [0.1, 0.15) is 0 Å². The summed E-state index contributed by atoms with van der Waals surface area (Å²) >= 11 is 0. The second kappa shape index (κ2) is 7.57. The Labute approximate surface area is 142 Å². The minimum atomic E-state index is -3.95. The molecule has 0 aromatic heterocycles. The number of sulfonamides is 1. The van der Waals surface area contributed by atoms with Crippen LogP contribution in [-0.4, -0.2) is 36.3 Å². The molecule has 0 saturated carbocycles. The maximum Gasteiger partial charge on any atom is 0.289 e. The molecule has 2 unspecified atom stereocenters. The van der Waals surface area contributed by atoms with Crippen LogP contribution >= 0.6 is 12.4 Å². The highest BCUT2D eigenvalue weighted by atomic mass is 35.5. The van der Waals surface area contributed by atoms with E-state index in [0.717, 1.165) is 12.8 Å². The Kier molecular flexibility index (Phi) is 6.52. The molecule has 1 aliphatic heterocycles. The van der Waals surface area contributed by atoms with Crippen molar-refractivity contribution < 1.29 is 13.3 Å². The van der Waals surface area contributed by atoms with Crippen molar-refractivity contribution in [2.45, 2.75) is 50.1 Å². The van der Waals surface area contributed by atoms with Gasteiger partial charge in [-0.2, -0.15) is 4.31 Å². The smallest absolute Gasteiger partial charge is 0.289 e. The summed E-state index contributed by atoms with van der Waals surface area (Å²) in [5.74, 6) is 0. The number of nitro benzene ring substituents is 1. The van der Waals surface area contributed by atoms with Gasteiger partial charge in [-0.3, -0.25) is 10.1 Å². The normalized spacial score (nSPS) is 20.6. The van der Waals surface area contributed by atoms with Gasteiger partial charge in [-0.1, -0.05) is 18.6 Å². The van der Waals surface area contributed by atoms with E-state index in [1.807, 2.05) is 0 Å². The van der Waals surface area contributed by atoms with Crippen LogP contribution in [0.1, 0.15) is 31.7 Å². The highest BCUT2D eigenvalue weighted by Crippen LogP contribution is 2.33. The summed E-state index contributed by atoms with van der Waals surface area (Å²) in [5.41, 5.74) is 5.93. The van der Waals surface area contributed by atoms with Crippen LogP contribution in [0, 0.1) is 17.0 Å². The zero-order chi connectivity index (χ0) is 16.5. The van der Waals surface area contributed by atoms with E-state index in [1.165, 1.54) is 16.4 Å². The molecule has 2 atom stereocenters. The summed E-state index contributed by atoms with van der Waals surface area (Å²) in [5, 5.41) is 11.2. The molecule has 0 aliphatic carbocycles. The van der Waals surface area contributed by atoms with Crippen LogP contribution in [0.15, 0.2) is 23.1 Å². The van der Waals surface area contributed by atoms with Gasteiger partial charge in [-0.05, 0) is 32.3 Å². The van der Waals surface area contributed by atoms with Gasteiger partial charge in [0, 0.05) is 24.7 Å². The molecule has 1 aromatic carbocycles. The fourth-order valence-electron chi connectivity index (χ4n) is 2.99. The monoisotopic (exact) mass is 363 g/mol. The SMILES string of the molecule is Cc1cccc([N+](=O)[O-])c1S(=O)(=O)N1CCCCC1C(C)N.Cl. The van der Waals surface area contributed by atoms with E-state index in [1.54, 1.807) is 19.9 Å². The average molecular weight is 364 g/mol. The molecule has 0 bridgehead atoms. The summed E-state index contributed by atoms with van der Waals surface area (Å²) in [6.45, 7) is 3.69. The molecule has 9 heteroatoms. The second-order valence-corrected chi connectivity index (χ2v) is 7.55. The molecule has 1 saturated heterocycles. The zero-order valence-corrected chi connectivity index (χ0v) is 14.8. The molecule has 7 nitrogen and oxygen atoms in total. The van der Waals surface area contributed by atoms with E-state index in [2.05, 4.69) is 0 Å². The van der Waals surface area contributed by atoms with Gasteiger partial charge in [0.25, 0.3) is 5.69 Å². The third-order valence-corrected chi connectivity index (χ3v) is 6.18. The van der Waals surface area contributed by atoms with Crippen molar-refractivity contribution in [1.29, 1.82) is 0 Å². The molecule has 1 aromatic rings. The maximum absolute atomic E-state index is 13.0. The minimum Gasteiger partial charge on any atom is -0.326 e. The van der Waals surface area contributed by atoms with E-state index in [4.69, 9.17) is 5.73 Å². The van der Waals surface area contributed by atoms with Gasteiger partial charge in [0.15, 0.2) is 4.90 Å². The molecule has 1 fully saturated rings. The molecule has 0 spiro atoms. The van der Waals surface area contributed by atoms with Crippen LogP contribution in [0.2, 0.25) is 0 Å². The molecule has 1 aliphatic rings. The van der Waals surface area contributed by atoms with Crippen LogP contribution in [0.4, 0.5) is 5.69 Å². The number of nitrogens with two attached hydrogens (primary N) is 1. The lowest BCUT2D eigenvalue weighted by atomic mass is 10.00. The van der Waals surface area contributed by atoms with Crippen molar-refractivity contribution >= 4 is 28.1 Å². The molecule has 23 heavy (non-hydrogen) atoms. The van der Waals surface area contributed by atoms with E-state index in [-0.39, 0.29) is 35.1 Å². The summed E-state index contributed by atoms with van der Waals surface area (Å²) in [6.07, 6.45) is 2.33. The molecular weight excluding hydrogens is 342 g/mol. The molecular formula is C14H22ClN3O4S. The first kappa shape index (κ1) is 19.8. The Balaban J connectivity index is 0.00000264. The maximum atomic E-state index is 13.0. The van der Waals surface area contributed by atoms with Gasteiger partial charge in [-0.15, -0.1) is 12.4 Å². The Hall–Kier alpha value is -1.22. The van der Waals surface area contributed by atoms with E-state index in [9.17, 15) is 18.5 Å². The number of piperidine rings is 1. The summed E-state index contributed by atoms with van der Waals surface area (Å²) in [4.78, 5) is 10.4. The van der Waals surface area contributed by atoms with Crippen LogP contribution in [0.3, 0.4) is 0 Å². The molecule has 1 heterocycles. The van der Waals surface area contributed by atoms with Gasteiger partial charge < -0.3 is 5.73 Å². The van der Waals surface area contributed by atoms with Crippen LogP contribution < -0.4 is 5.73 Å². The van der Waals surface area contributed by atoms with Gasteiger partial charge in [-0.25, -0.2) is 8.42 Å². The van der Waals surface area contributed by atoms with Gasteiger partial charge in [0.05, 0.1) is 4.92 Å². The van der Waals surface area contributed by atoms with Crippen molar-refractivity contribution in [3.8, 4) is 0 Å². The second-order valence-electron chi connectivity index (χ2n) is 5.72. The third-order valence-electron chi connectivity index (χ3n) is 4.06. The van der Waals surface area contributed by atoms with Crippen molar-refractivity contribution in [3.05, 3.63) is 33.9 Å². The first-order chi connectivity index (χ1) is 10.3. The van der Waals surface area contributed by atoms with E-state index >= 15 is 0 Å². The lowest BCUT2D eigenvalue weighted by Crippen LogP contribution is -2.51. The Morgan fingerprint density at radius 1 is 1.39 bits per heavy atom. The number of rotatable bonds is 4. The third kappa shape index (κ3) is 3.82. The lowest BCUT2D eigenvalue weighted by molar-refractivity contribution is -0.387. The number of hydrogen-bond donors (Lipinski definition) is 1. The topological polar surface area (TPSA) is 107 Å². The summed E-state index contributed by atoms with van der Waals surface area (Å²) in [6, 6.07) is 3.65. The number of benzene rings is 1. The molecule has 0 radical (unpaired) electrons. The quantitative estimate of drug-likeness (QED) is 0.652. The van der Waals surface area contributed by atoms with E-state index in [0.29, 0.717) is 18.5 Å². The fraction of sp³-hybridized carbons (Fsp3) is 0.571. The Morgan fingerprint density at radius 3 is 2.61 bits per heavy atom. The van der Waals surface area contributed by atoms with Crippen molar-refractivity contribution in [3.63, 3.8) is 0 Å². The first-order valence-corrected chi connectivity index (χ1v) is 8.72. The number of aryl methyl sites for hydroxylation is 1. The van der Waals surface area contributed by atoms with Crippen molar-refractivity contribution in [1.82, 2.24) is 4.31 Å². The van der Waals surface area contributed by atoms with Crippen molar-refractivity contribution in [2.24, 2.45) is 5.73 Å². The van der Waals surface area contributed by atoms with Gasteiger partial charge in [0.2, 0.25) is 10.0 Å². The minimum absolute atomic E-state index is 0.